The topological polar surface area (TPSA) is 46.3 Å². The zero-order valence-corrected chi connectivity index (χ0v) is 15.0. The predicted molar refractivity (Wildman–Crippen MR) is 92.4 cm³/mol. The number of benzene rings is 1. The summed E-state index contributed by atoms with van der Waals surface area (Å²) in [5.74, 6) is 0.667. The van der Waals surface area contributed by atoms with Gasteiger partial charge in [0.15, 0.2) is 0 Å². The van der Waals surface area contributed by atoms with E-state index in [0.29, 0.717) is 5.92 Å². The average Bonchev–Trinajstić information content (AvgIpc) is 2.49. The largest absolute Gasteiger partial charge is 0.341 e. The van der Waals surface area contributed by atoms with Crippen LogP contribution in [0, 0.1) is 5.92 Å². The molecular formula is C16H23BrN2OS. The molecule has 3 atom stereocenters. The fraction of sp³-hybridized carbons (Fsp3) is 0.562. The third-order valence-corrected chi connectivity index (χ3v) is 5.62. The van der Waals surface area contributed by atoms with Crippen LogP contribution in [0.25, 0.3) is 0 Å². The van der Waals surface area contributed by atoms with Crippen molar-refractivity contribution in [3.8, 4) is 0 Å². The van der Waals surface area contributed by atoms with Crippen molar-refractivity contribution >= 4 is 33.6 Å². The minimum absolute atomic E-state index is 0.0574. The highest BCUT2D eigenvalue weighted by Gasteiger charge is 2.28. The normalized spacial score (nSPS) is 21.9. The number of amides is 1. The lowest BCUT2D eigenvalue weighted by Gasteiger charge is -2.35. The molecule has 1 heterocycles. The smallest absolute Gasteiger partial charge is 0.235 e. The number of carbonyl (C=O) groups is 1. The van der Waals surface area contributed by atoms with Crippen molar-refractivity contribution in [1.29, 1.82) is 0 Å². The average molecular weight is 371 g/mol. The molecule has 1 aromatic rings. The molecule has 3 nitrogen and oxygen atoms in total. The highest BCUT2D eigenvalue weighted by molar-refractivity contribution is 9.10. The third kappa shape index (κ3) is 4.73. The van der Waals surface area contributed by atoms with Crippen molar-refractivity contribution in [2.75, 3.05) is 13.1 Å². The summed E-state index contributed by atoms with van der Waals surface area (Å²) >= 11 is 5.05. The molecule has 5 heteroatoms. The molecule has 0 aliphatic carbocycles. The first-order valence-electron chi connectivity index (χ1n) is 7.44. The summed E-state index contributed by atoms with van der Waals surface area (Å²) < 4.78 is 1.06. The van der Waals surface area contributed by atoms with Crippen LogP contribution in [-0.2, 0) is 4.79 Å². The van der Waals surface area contributed by atoms with E-state index < -0.39 is 0 Å². The van der Waals surface area contributed by atoms with Gasteiger partial charge < -0.3 is 10.6 Å². The van der Waals surface area contributed by atoms with E-state index in [-0.39, 0.29) is 17.2 Å². The number of hydrogen-bond donors (Lipinski definition) is 1. The van der Waals surface area contributed by atoms with Gasteiger partial charge in [0.1, 0.15) is 0 Å². The number of thioether (sulfide) groups is 1. The molecule has 2 N–H and O–H groups in total. The van der Waals surface area contributed by atoms with Crippen LogP contribution in [0.15, 0.2) is 33.6 Å². The van der Waals surface area contributed by atoms with Crippen LogP contribution in [0.4, 0.5) is 0 Å². The maximum absolute atomic E-state index is 12.6. The zero-order chi connectivity index (χ0) is 15.4. The summed E-state index contributed by atoms with van der Waals surface area (Å²) in [6.45, 7) is 5.71. The summed E-state index contributed by atoms with van der Waals surface area (Å²) in [7, 11) is 0. The molecule has 1 fully saturated rings. The van der Waals surface area contributed by atoms with Gasteiger partial charge in [0.2, 0.25) is 5.91 Å². The Morgan fingerprint density at radius 1 is 1.38 bits per heavy atom. The fourth-order valence-electron chi connectivity index (χ4n) is 2.66. The van der Waals surface area contributed by atoms with E-state index in [1.165, 1.54) is 0 Å². The minimum Gasteiger partial charge on any atom is -0.341 e. The lowest BCUT2D eigenvalue weighted by atomic mass is 9.92. The lowest BCUT2D eigenvalue weighted by Crippen LogP contribution is -2.47. The number of nitrogens with zero attached hydrogens (tertiary/aromatic N) is 1. The van der Waals surface area contributed by atoms with Gasteiger partial charge in [-0.15, -0.1) is 11.8 Å². The molecule has 1 aliphatic heterocycles. The van der Waals surface area contributed by atoms with Gasteiger partial charge in [-0.05, 0) is 56.9 Å². The summed E-state index contributed by atoms with van der Waals surface area (Å²) in [5.41, 5.74) is 6.00. The number of hydrogen-bond acceptors (Lipinski definition) is 3. The van der Waals surface area contributed by atoms with E-state index >= 15 is 0 Å². The molecule has 1 saturated heterocycles. The quantitative estimate of drug-likeness (QED) is 0.824. The monoisotopic (exact) mass is 370 g/mol. The van der Waals surface area contributed by atoms with Crippen LogP contribution in [0.3, 0.4) is 0 Å². The number of carbonyl (C=O) groups excluding carboxylic acids is 1. The molecule has 3 unspecified atom stereocenters. The van der Waals surface area contributed by atoms with Crippen molar-refractivity contribution in [3.05, 3.63) is 28.7 Å². The van der Waals surface area contributed by atoms with Crippen LogP contribution in [0.2, 0.25) is 0 Å². The Labute approximate surface area is 139 Å². The molecule has 0 saturated carbocycles. The van der Waals surface area contributed by atoms with Gasteiger partial charge in [-0.1, -0.05) is 15.9 Å². The first-order chi connectivity index (χ1) is 9.97. The summed E-state index contributed by atoms with van der Waals surface area (Å²) in [6, 6.07) is 8.26. The maximum atomic E-state index is 12.6. The summed E-state index contributed by atoms with van der Waals surface area (Å²) in [6.07, 6.45) is 2.20. The Morgan fingerprint density at radius 2 is 2.05 bits per heavy atom. The third-order valence-electron chi connectivity index (χ3n) is 3.99. The van der Waals surface area contributed by atoms with Crippen LogP contribution < -0.4 is 5.73 Å². The molecule has 21 heavy (non-hydrogen) atoms. The molecule has 0 radical (unpaired) electrons. The van der Waals surface area contributed by atoms with Gasteiger partial charge in [0, 0.05) is 28.5 Å². The zero-order valence-electron chi connectivity index (χ0n) is 12.6. The molecular weight excluding hydrogens is 348 g/mol. The Hall–Kier alpha value is -0.520. The van der Waals surface area contributed by atoms with Gasteiger partial charge >= 0.3 is 0 Å². The second-order valence-corrected chi connectivity index (χ2v) is 8.09. The Bertz CT molecular complexity index is 478. The number of nitrogens with two attached hydrogens (primary N) is 1. The van der Waals surface area contributed by atoms with E-state index in [4.69, 9.17) is 5.73 Å². The van der Waals surface area contributed by atoms with Crippen LogP contribution in [0.1, 0.15) is 26.7 Å². The van der Waals surface area contributed by atoms with Crippen molar-refractivity contribution in [2.24, 2.45) is 11.7 Å². The summed E-state index contributed by atoms with van der Waals surface area (Å²) in [5, 5.41) is -0.0574. The number of halogens is 1. The Kier molecular flexibility index (Phi) is 6.14. The highest BCUT2D eigenvalue weighted by Crippen LogP contribution is 2.27. The SMILES string of the molecule is CC(Sc1ccc(Br)cc1)C(=O)N1CCCC(C(C)N)C1. The van der Waals surface area contributed by atoms with Gasteiger partial charge in [0.05, 0.1) is 5.25 Å². The first kappa shape index (κ1) is 16.8. The van der Waals surface area contributed by atoms with Crippen LogP contribution in [-0.4, -0.2) is 35.2 Å². The van der Waals surface area contributed by atoms with Gasteiger partial charge in [-0.2, -0.15) is 0 Å². The number of piperidine rings is 1. The van der Waals surface area contributed by atoms with E-state index in [0.717, 1.165) is 35.3 Å². The Morgan fingerprint density at radius 3 is 2.67 bits per heavy atom. The van der Waals surface area contributed by atoms with Gasteiger partial charge in [0.25, 0.3) is 0 Å². The van der Waals surface area contributed by atoms with Gasteiger partial charge in [-0.3, -0.25) is 4.79 Å². The van der Waals surface area contributed by atoms with Crippen molar-refractivity contribution in [1.82, 2.24) is 4.90 Å². The standard InChI is InChI=1S/C16H23BrN2OS/c1-11(18)13-4-3-9-19(10-13)16(20)12(2)21-15-7-5-14(17)6-8-15/h5-8,11-13H,3-4,9-10,18H2,1-2H3. The molecule has 2 rings (SSSR count). The molecule has 0 bridgehead atoms. The second-order valence-electron chi connectivity index (χ2n) is 5.76. The first-order valence-corrected chi connectivity index (χ1v) is 9.11. The van der Waals surface area contributed by atoms with E-state index in [1.807, 2.05) is 43.0 Å². The second kappa shape index (κ2) is 7.65. The Balaban J connectivity index is 1.93. The van der Waals surface area contributed by atoms with E-state index in [2.05, 4.69) is 15.9 Å². The molecule has 1 aliphatic rings. The number of rotatable bonds is 4. The fourth-order valence-corrected chi connectivity index (χ4v) is 3.88. The predicted octanol–water partition coefficient (Wildman–Crippen LogP) is 3.52. The molecule has 0 spiro atoms. The lowest BCUT2D eigenvalue weighted by molar-refractivity contribution is -0.132. The van der Waals surface area contributed by atoms with Crippen LogP contribution in [0.5, 0.6) is 0 Å². The summed E-state index contributed by atoms with van der Waals surface area (Å²) in [4.78, 5) is 15.7. The molecule has 1 amide bonds. The van der Waals surface area contributed by atoms with E-state index in [1.54, 1.807) is 11.8 Å². The van der Waals surface area contributed by atoms with E-state index in [9.17, 15) is 4.79 Å². The van der Waals surface area contributed by atoms with Crippen molar-refractivity contribution in [3.63, 3.8) is 0 Å². The molecule has 1 aromatic carbocycles. The highest BCUT2D eigenvalue weighted by atomic mass is 79.9. The van der Waals surface area contributed by atoms with Crippen molar-refractivity contribution < 1.29 is 4.79 Å². The molecule has 0 aromatic heterocycles. The van der Waals surface area contributed by atoms with Gasteiger partial charge in [-0.25, -0.2) is 0 Å². The number of likely N-dealkylation sites (tertiary alicyclic amines) is 1. The molecule has 116 valence electrons. The maximum Gasteiger partial charge on any atom is 0.235 e. The van der Waals surface area contributed by atoms with Crippen LogP contribution >= 0.6 is 27.7 Å². The minimum atomic E-state index is -0.0574. The van der Waals surface area contributed by atoms with Crippen molar-refractivity contribution in [2.45, 2.75) is 42.9 Å².